The molecule has 0 radical (unpaired) electrons. The first kappa shape index (κ1) is 16.0. The molecule has 0 saturated carbocycles. The van der Waals surface area contributed by atoms with Crippen LogP contribution in [0.5, 0.6) is 0 Å². The number of carbonyl (C=O) groups is 1. The number of ether oxygens (including phenoxy) is 1. The first-order valence-electron chi connectivity index (χ1n) is 7.67. The van der Waals surface area contributed by atoms with Crippen molar-refractivity contribution in [2.75, 3.05) is 20.3 Å². The van der Waals surface area contributed by atoms with E-state index in [9.17, 15) is 4.79 Å². The highest BCUT2D eigenvalue weighted by Gasteiger charge is 2.16. The molecule has 3 rings (SSSR count). The summed E-state index contributed by atoms with van der Waals surface area (Å²) in [5.74, 6) is 0.911. The zero-order valence-corrected chi connectivity index (χ0v) is 13.4. The van der Waals surface area contributed by atoms with Gasteiger partial charge < -0.3 is 14.5 Å². The van der Waals surface area contributed by atoms with Gasteiger partial charge in [-0.3, -0.25) is 4.79 Å². The van der Waals surface area contributed by atoms with Crippen molar-refractivity contribution in [3.05, 3.63) is 66.4 Å². The Balaban J connectivity index is 1.88. The van der Waals surface area contributed by atoms with Crippen molar-refractivity contribution in [2.45, 2.75) is 0 Å². The Hall–Kier alpha value is -2.92. The van der Waals surface area contributed by atoms with Crippen molar-refractivity contribution in [3.63, 3.8) is 0 Å². The second kappa shape index (κ2) is 7.57. The van der Waals surface area contributed by atoms with Crippen LogP contribution < -0.4 is 5.32 Å². The molecule has 0 aliphatic rings. The molecule has 24 heavy (non-hydrogen) atoms. The van der Waals surface area contributed by atoms with E-state index in [0.717, 1.165) is 5.56 Å². The van der Waals surface area contributed by atoms with Crippen molar-refractivity contribution in [1.82, 2.24) is 10.3 Å². The number of amides is 1. The monoisotopic (exact) mass is 322 g/mol. The van der Waals surface area contributed by atoms with Crippen molar-refractivity contribution < 1.29 is 13.9 Å². The molecule has 0 bridgehead atoms. The SMILES string of the molecule is COCCNC(=O)c1ccccc1-c1ncc(-c2ccccc2)o1. The summed E-state index contributed by atoms with van der Waals surface area (Å²) in [6, 6.07) is 17.0. The maximum Gasteiger partial charge on any atom is 0.252 e. The van der Waals surface area contributed by atoms with Crippen molar-refractivity contribution >= 4 is 5.91 Å². The predicted molar refractivity (Wildman–Crippen MR) is 91.6 cm³/mol. The number of rotatable bonds is 6. The molecule has 5 heteroatoms. The molecule has 0 fully saturated rings. The number of hydrogen-bond acceptors (Lipinski definition) is 4. The standard InChI is InChI=1S/C19H18N2O3/c1-23-12-11-20-18(22)15-9-5-6-10-16(15)19-21-13-17(24-19)14-7-3-2-4-8-14/h2-10,13H,11-12H2,1H3,(H,20,22). The van der Waals surface area contributed by atoms with Crippen molar-refractivity contribution in [2.24, 2.45) is 0 Å². The number of methoxy groups -OCH3 is 1. The first-order chi connectivity index (χ1) is 11.8. The fourth-order valence-electron chi connectivity index (χ4n) is 2.36. The maximum absolute atomic E-state index is 12.4. The van der Waals surface area contributed by atoms with Crippen LogP contribution in [-0.2, 0) is 4.74 Å². The van der Waals surface area contributed by atoms with E-state index in [2.05, 4.69) is 10.3 Å². The van der Waals surface area contributed by atoms with Crippen LogP contribution in [0, 0.1) is 0 Å². The van der Waals surface area contributed by atoms with Gasteiger partial charge in [0.25, 0.3) is 5.91 Å². The minimum atomic E-state index is -0.179. The van der Waals surface area contributed by atoms with E-state index in [4.69, 9.17) is 9.15 Å². The number of hydrogen-bond donors (Lipinski definition) is 1. The van der Waals surface area contributed by atoms with E-state index < -0.39 is 0 Å². The summed E-state index contributed by atoms with van der Waals surface area (Å²) >= 11 is 0. The zero-order valence-electron chi connectivity index (χ0n) is 13.4. The summed E-state index contributed by atoms with van der Waals surface area (Å²) in [4.78, 5) is 16.7. The van der Waals surface area contributed by atoms with E-state index in [-0.39, 0.29) is 5.91 Å². The Morgan fingerprint density at radius 1 is 1.12 bits per heavy atom. The zero-order chi connectivity index (χ0) is 16.8. The lowest BCUT2D eigenvalue weighted by atomic mass is 10.1. The molecule has 1 amide bonds. The molecule has 0 aliphatic carbocycles. The smallest absolute Gasteiger partial charge is 0.252 e. The molecule has 2 aromatic carbocycles. The van der Waals surface area contributed by atoms with Gasteiger partial charge in [-0.05, 0) is 12.1 Å². The van der Waals surface area contributed by atoms with Crippen LogP contribution in [0.25, 0.3) is 22.8 Å². The molecular formula is C19H18N2O3. The normalized spacial score (nSPS) is 10.5. The van der Waals surface area contributed by atoms with E-state index in [1.54, 1.807) is 19.4 Å². The van der Waals surface area contributed by atoms with Crippen LogP contribution in [0.1, 0.15) is 10.4 Å². The molecule has 1 N–H and O–H groups in total. The fraction of sp³-hybridized carbons (Fsp3) is 0.158. The average molecular weight is 322 g/mol. The third-order valence-corrected chi connectivity index (χ3v) is 3.56. The van der Waals surface area contributed by atoms with Crippen LogP contribution >= 0.6 is 0 Å². The first-order valence-corrected chi connectivity index (χ1v) is 7.67. The predicted octanol–water partition coefficient (Wildman–Crippen LogP) is 3.38. The van der Waals surface area contributed by atoms with Gasteiger partial charge in [-0.1, -0.05) is 42.5 Å². The minimum Gasteiger partial charge on any atom is -0.436 e. The van der Waals surface area contributed by atoms with Crippen LogP contribution in [0.4, 0.5) is 0 Å². The molecule has 0 aliphatic heterocycles. The number of oxazole rings is 1. The molecule has 5 nitrogen and oxygen atoms in total. The highest BCUT2D eigenvalue weighted by Crippen LogP contribution is 2.28. The third kappa shape index (κ3) is 3.52. The van der Waals surface area contributed by atoms with E-state index >= 15 is 0 Å². The maximum atomic E-state index is 12.4. The quantitative estimate of drug-likeness (QED) is 0.707. The Morgan fingerprint density at radius 3 is 2.67 bits per heavy atom. The third-order valence-electron chi connectivity index (χ3n) is 3.56. The highest BCUT2D eigenvalue weighted by molar-refractivity contribution is 6.00. The summed E-state index contributed by atoms with van der Waals surface area (Å²) < 4.78 is 10.8. The lowest BCUT2D eigenvalue weighted by molar-refractivity contribution is 0.0937. The van der Waals surface area contributed by atoms with Gasteiger partial charge in [-0.2, -0.15) is 0 Å². The summed E-state index contributed by atoms with van der Waals surface area (Å²) in [5.41, 5.74) is 2.13. The van der Waals surface area contributed by atoms with Crippen LogP contribution in [-0.4, -0.2) is 31.2 Å². The molecule has 0 unspecified atom stereocenters. The highest BCUT2D eigenvalue weighted by atomic mass is 16.5. The van der Waals surface area contributed by atoms with E-state index in [0.29, 0.717) is 35.9 Å². The number of aromatic nitrogens is 1. The number of carbonyl (C=O) groups excluding carboxylic acids is 1. The largest absolute Gasteiger partial charge is 0.436 e. The lowest BCUT2D eigenvalue weighted by Crippen LogP contribution is -2.27. The van der Waals surface area contributed by atoms with Crippen LogP contribution in [0.2, 0.25) is 0 Å². The van der Waals surface area contributed by atoms with Crippen molar-refractivity contribution in [3.8, 4) is 22.8 Å². The van der Waals surface area contributed by atoms with Gasteiger partial charge in [0.05, 0.1) is 18.4 Å². The summed E-state index contributed by atoms with van der Waals surface area (Å²) in [5, 5.41) is 2.82. The molecule has 1 aromatic heterocycles. The Morgan fingerprint density at radius 2 is 1.88 bits per heavy atom. The van der Waals surface area contributed by atoms with Crippen LogP contribution in [0.3, 0.4) is 0 Å². The molecule has 0 atom stereocenters. The fourth-order valence-corrected chi connectivity index (χ4v) is 2.36. The topological polar surface area (TPSA) is 64.4 Å². The summed E-state index contributed by atoms with van der Waals surface area (Å²) in [7, 11) is 1.60. The number of nitrogens with zero attached hydrogens (tertiary/aromatic N) is 1. The molecule has 0 spiro atoms. The van der Waals surface area contributed by atoms with Gasteiger partial charge >= 0.3 is 0 Å². The molecule has 3 aromatic rings. The van der Waals surface area contributed by atoms with E-state index in [1.807, 2.05) is 48.5 Å². The molecule has 1 heterocycles. The Labute approximate surface area is 140 Å². The average Bonchev–Trinajstić information content (AvgIpc) is 3.12. The number of nitrogens with one attached hydrogen (secondary N) is 1. The van der Waals surface area contributed by atoms with Gasteiger partial charge in [0.2, 0.25) is 5.89 Å². The van der Waals surface area contributed by atoms with Crippen molar-refractivity contribution in [1.29, 1.82) is 0 Å². The van der Waals surface area contributed by atoms with Crippen LogP contribution in [0.15, 0.2) is 65.2 Å². The molecular weight excluding hydrogens is 304 g/mol. The second-order valence-corrected chi connectivity index (χ2v) is 5.19. The van der Waals surface area contributed by atoms with Gasteiger partial charge in [0.1, 0.15) is 0 Å². The van der Waals surface area contributed by atoms with E-state index in [1.165, 1.54) is 0 Å². The molecule has 0 saturated heterocycles. The van der Waals surface area contributed by atoms with Gasteiger partial charge in [0.15, 0.2) is 5.76 Å². The van der Waals surface area contributed by atoms with Gasteiger partial charge in [-0.15, -0.1) is 0 Å². The lowest BCUT2D eigenvalue weighted by Gasteiger charge is -2.07. The summed E-state index contributed by atoms with van der Waals surface area (Å²) in [6.45, 7) is 0.912. The van der Waals surface area contributed by atoms with Gasteiger partial charge in [-0.25, -0.2) is 4.98 Å². The summed E-state index contributed by atoms with van der Waals surface area (Å²) in [6.07, 6.45) is 1.67. The Kier molecular flexibility index (Phi) is 5.03. The number of benzene rings is 2. The second-order valence-electron chi connectivity index (χ2n) is 5.19. The molecule has 122 valence electrons. The Bertz CT molecular complexity index is 812. The van der Waals surface area contributed by atoms with Gasteiger partial charge in [0, 0.05) is 24.8 Å². The minimum absolute atomic E-state index is 0.179.